The highest BCUT2D eigenvalue weighted by molar-refractivity contribution is 6.09. The van der Waals surface area contributed by atoms with Gasteiger partial charge in [-0.2, -0.15) is 0 Å². The summed E-state index contributed by atoms with van der Waals surface area (Å²) in [6.07, 6.45) is 0. The minimum Gasteiger partial charge on any atom is -0.455 e. The Kier molecular flexibility index (Phi) is 8.76. The standard InChI is InChI=1S/C61H41NO/c1-4-17-43(18-5-1)50-23-11-14-29-58(50)62(49-38-33-44(34-39-49)51-26-16-27-55-54-25-12-15-30-59(54)63-60(51)55)48-36-31-42(32-37-48)45-35-40-53-52-24-10-13-28-56(52)61(57(53)41-45,46-19-6-2-7-20-46)47-21-8-3-9-22-47/h1-41H. The van der Waals surface area contributed by atoms with Crippen LogP contribution in [-0.4, -0.2) is 0 Å². The second-order valence-corrected chi connectivity index (χ2v) is 16.4. The molecule has 1 heterocycles. The van der Waals surface area contributed by atoms with Crippen LogP contribution in [0.4, 0.5) is 17.1 Å². The first kappa shape index (κ1) is 36.6. The van der Waals surface area contributed by atoms with E-state index in [2.05, 4.69) is 241 Å². The lowest BCUT2D eigenvalue weighted by molar-refractivity contribution is 0.670. The molecule has 1 aromatic heterocycles. The Hall–Kier alpha value is -8.20. The molecule has 2 nitrogen and oxygen atoms in total. The molecule has 0 unspecified atom stereocenters. The molecule has 0 saturated carbocycles. The molecule has 0 fully saturated rings. The minimum absolute atomic E-state index is 0.454. The number of anilines is 3. The van der Waals surface area contributed by atoms with Gasteiger partial charge in [0.2, 0.25) is 0 Å². The Morgan fingerprint density at radius 1 is 0.317 bits per heavy atom. The highest BCUT2D eigenvalue weighted by atomic mass is 16.3. The number of nitrogens with zero attached hydrogens (tertiary/aromatic N) is 1. The summed E-state index contributed by atoms with van der Waals surface area (Å²) in [7, 11) is 0. The Morgan fingerprint density at radius 3 is 1.54 bits per heavy atom. The maximum Gasteiger partial charge on any atom is 0.143 e. The van der Waals surface area contributed by atoms with Crippen molar-refractivity contribution >= 4 is 39.0 Å². The molecule has 2 heteroatoms. The molecule has 0 amide bonds. The summed E-state index contributed by atoms with van der Waals surface area (Å²) in [5.74, 6) is 0. The van der Waals surface area contributed by atoms with E-state index in [0.717, 1.165) is 61.3 Å². The number of furan rings is 1. The maximum absolute atomic E-state index is 6.45. The normalized spacial score (nSPS) is 12.6. The second kappa shape index (κ2) is 15.1. The third kappa shape index (κ3) is 5.95. The zero-order chi connectivity index (χ0) is 41.7. The van der Waals surface area contributed by atoms with Crippen LogP contribution in [0.1, 0.15) is 22.3 Å². The second-order valence-electron chi connectivity index (χ2n) is 16.4. The Bertz CT molecular complexity index is 3380. The maximum atomic E-state index is 6.45. The number of hydrogen-bond donors (Lipinski definition) is 0. The van der Waals surface area contributed by atoms with E-state index in [4.69, 9.17) is 4.42 Å². The Balaban J connectivity index is 0.978. The lowest BCUT2D eigenvalue weighted by atomic mass is 9.67. The van der Waals surface area contributed by atoms with Crippen molar-refractivity contribution < 1.29 is 4.42 Å². The van der Waals surface area contributed by atoms with Gasteiger partial charge in [-0.1, -0.05) is 206 Å². The fraction of sp³-hybridized carbons (Fsp3) is 0.0164. The quantitative estimate of drug-likeness (QED) is 0.152. The summed E-state index contributed by atoms with van der Waals surface area (Å²) in [4.78, 5) is 2.38. The van der Waals surface area contributed by atoms with E-state index in [9.17, 15) is 0 Å². The summed E-state index contributed by atoms with van der Waals surface area (Å²) in [5, 5.41) is 2.26. The molecule has 11 aromatic rings. The predicted molar refractivity (Wildman–Crippen MR) is 262 cm³/mol. The summed E-state index contributed by atoms with van der Waals surface area (Å²) >= 11 is 0. The molecule has 0 radical (unpaired) electrons. The molecule has 1 aliphatic carbocycles. The minimum atomic E-state index is -0.454. The third-order valence-electron chi connectivity index (χ3n) is 13.0. The fourth-order valence-corrected chi connectivity index (χ4v) is 10.1. The van der Waals surface area contributed by atoms with Gasteiger partial charge in [-0.15, -0.1) is 0 Å². The van der Waals surface area contributed by atoms with Crippen molar-refractivity contribution in [3.63, 3.8) is 0 Å². The van der Waals surface area contributed by atoms with E-state index in [-0.39, 0.29) is 0 Å². The first-order valence-electron chi connectivity index (χ1n) is 21.7. The zero-order valence-electron chi connectivity index (χ0n) is 34.5. The van der Waals surface area contributed by atoms with E-state index < -0.39 is 5.41 Å². The zero-order valence-corrected chi connectivity index (χ0v) is 34.5. The first-order valence-corrected chi connectivity index (χ1v) is 21.7. The van der Waals surface area contributed by atoms with Gasteiger partial charge < -0.3 is 9.32 Å². The average Bonchev–Trinajstić information content (AvgIpc) is 3.89. The van der Waals surface area contributed by atoms with Gasteiger partial charge in [-0.05, 0) is 98.1 Å². The predicted octanol–water partition coefficient (Wildman–Crippen LogP) is 16.4. The summed E-state index contributed by atoms with van der Waals surface area (Å²) < 4.78 is 6.45. The fourth-order valence-electron chi connectivity index (χ4n) is 10.1. The van der Waals surface area contributed by atoms with Gasteiger partial charge in [0.15, 0.2) is 0 Å². The van der Waals surface area contributed by atoms with Crippen LogP contribution in [0, 0.1) is 0 Å². The Morgan fingerprint density at radius 2 is 0.825 bits per heavy atom. The molecular formula is C61H41NO. The third-order valence-corrected chi connectivity index (χ3v) is 13.0. The lowest BCUT2D eigenvalue weighted by Gasteiger charge is -2.34. The van der Waals surface area contributed by atoms with Crippen molar-refractivity contribution in [3.8, 4) is 44.5 Å². The lowest BCUT2D eigenvalue weighted by Crippen LogP contribution is -2.28. The average molecular weight is 804 g/mol. The van der Waals surface area contributed by atoms with Crippen molar-refractivity contribution in [1.29, 1.82) is 0 Å². The molecule has 10 aromatic carbocycles. The van der Waals surface area contributed by atoms with Crippen molar-refractivity contribution in [3.05, 3.63) is 271 Å². The molecule has 63 heavy (non-hydrogen) atoms. The van der Waals surface area contributed by atoms with Crippen molar-refractivity contribution in [2.75, 3.05) is 4.90 Å². The summed E-state index contributed by atoms with van der Waals surface area (Å²) in [6.45, 7) is 0. The molecule has 0 saturated heterocycles. The highest BCUT2D eigenvalue weighted by Gasteiger charge is 2.46. The van der Waals surface area contributed by atoms with Gasteiger partial charge >= 0.3 is 0 Å². The number of benzene rings is 10. The monoisotopic (exact) mass is 803 g/mol. The molecule has 0 bridgehead atoms. The SMILES string of the molecule is c1ccc(-c2ccccc2N(c2ccc(-c3ccc4c(c3)C(c3ccccc3)(c3ccccc3)c3ccccc3-4)cc2)c2ccc(-c3cccc4c3oc3ccccc34)cc2)cc1. The molecule has 0 spiro atoms. The van der Waals surface area contributed by atoms with Gasteiger partial charge in [0.05, 0.1) is 11.1 Å². The number of para-hydroxylation sites is 3. The van der Waals surface area contributed by atoms with Gasteiger partial charge in [-0.25, -0.2) is 0 Å². The highest BCUT2D eigenvalue weighted by Crippen LogP contribution is 2.57. The van der Waals surface area contributed by atoms with E-state index in [1.54, 1.807) is 0 Å². The van der Waals surface area contributed by atoms with Crippen LogP contribution in [0.5, 0.6) is 0 Å². The van der Waals surface area contributed by atoms with Crippen LogP contribution >= 0.6 is 0 Å². The molecule has 12 rings (SSSR count). The summed E-state index contributed by atoms with van der Waals surface area (Å²) in [6, 6.07) is 90.1. The number of hydrogen-bond acceptors (Lipinski definition) is 2. The van der Waals surface area contributed by atoms with Crippen molar-refractivity contribution in [2.24, 2.45) is 0 Å². The molecular weight excluding hydrogens is 763 g/mol. The van der Waals surface area contributed by atoms with Crippen LogP contribution < -0.4 is 4.90 Å². The largest absolute Gasteiger partial charge is 0.455 e. The molecule has 1 aliphatic rings. The van der Waals surface area contributed by atoms with Crippen LogP contribution in [0.2, 0.25) is 0 Å². The van der Waals surface area contributed by atoms with Crippen LogP contribution in [-0.2, 0) is 5.41 Å². The van der Waals surface area contributed by atoms with Gasteiger partial charge in [0, 0.05) is 33.3 Å². The smallest absolute Gasteiger partial charge is 0.143 e. The van der Waals surface area contributed by atoms with Crippen LogP contribution in [0.25, 0.3) is 66.4 Å². The molecule has 0 aliphatic heterocycles. The van der Waals surface area contributed by atoms with E-state index in [0.29, 0.717) is 0 Å². The van der Waals surface area contributed by atoms with E-state index in [1.165, 1.54) is 44.5 Å². The van der Waals surface area contributed by atoms with E-state index in [1.807, 2.05) is 12.1 Å². The van der Waals surface area contributed by atoms with Crippen LogP contribution in [0.15, 0.2) is 253 Å². The summed E-state index contributed by atoms with van der Waals surface area (Å²) in [5.41, 5.74) is 19.2. The topological polar surface area (TPSA) is 16.4 Å². The van der Waals surface area contributed by atoms with Gasteiger partial charge in [0.1, 0.15) is 11.2 Å². The molecule has 0 N–H and O–H groups in total. The number of fused-ring (bicyclic) bond motifs is 6. The molecule has 0 atom stereocenters. The molecule has 296 valence electrons. The van der Waals surface area contributed by atoms with E-state index >= 15 is 0 Å². The first-order chi connectivity index (χ1) is 31.3. The van der Waals surface area contributed by atoms with Crippen molar-refractivity contribution in [1.82, 2.24) is 0 Å². The van der Waals surface area contributed by atoms with Gasteiger partial charge in [0.25, 0.3) is 0 Å². The van der Waals surface area contributed by atoms with Crippen LogP contribution in [0.3, 0.4) is 0 Å². The Labute approximate surface area is 367 Å². The number of rotatable bonds is 8. The van der Waals surface area contributed by atoms with Crippen molar-refractivity contribution in [2.45, 2.75) is 5.41 Å². The van der Waals surface area contributed by atoms with Gasteiger partial charge in [-0.3, -0.25) is 0 Å².